The minimum absolute atomic E-state index is 0.1000. The van der Waals surface area contributed by atoms with Crippen molar-refractivity contribution in [2.45, 2.75) is 6.42 Å². The number of anilines is 1. The van der Waals surface area contributed by atoms with Crippen LogP contribution in [0.3, 0.4) is 0 Å². The summed E-state index contributed by atoms with van der Waals surface area (Å²) < 4.78 is 6.52. The number of hydrogen-bond donors (Lipinski definition) is 0. The smallest absolute Gasteiger partial charge is 0.337 e. The molecule has 1 amide bonds. The molecule has 0 spiro atoms. The second kappa shape index (κ2) is 7.52. The Balaban J connectivity index is 1.48. The first-order valence-corrected chi connectivity index (χ1v) is 8.96. The zero-order chi connectivity index (χ0) is 19.5. The number of hydrogen-bond acceptors (Lipinski definition) is 4. The lowest BCUT2D eigenvalue weighted by Gasteiger charge is -2.15. The van der Waals surface area contributed by atoms with Crippen LogP contribution in [0.25, 0.3) is 11.8 Å². The number of benzene rings is 2. The molecule has 0 N–H and O–H groups in total. The molecule has 0 unspecified atom stereocenters. The van der Waals surface area contributed by atoms with E-state index in [1.165, 1.54) is 7.11 Å². The minimum Gasteiger partial charge on any atom is -0.465 e. The lowest BCUT2D eigenvalue weighted by Crippen LogP contribution is -2.26. The van der Waals surface area contributed by atoms with Gasteiger partial charge in [0.1, 0.15) is 0 Å². The Hall–Kier alpha value is -3.67. The maximum atomic E-state index is 12.7. The summed E-state index contributed by atoms with van der Waals surface area (Å²) in [4.78, 5) is 26.0. The molecule has 1 aliphatic heterocycles. The van der Waals surface area contributed by atoms with Gasteiger partial charge in [0.05, 0.1) is 24.6 Å². The monoisotopic (exact) mass is 373 g/mol. The number of carbonyl (C=O) groups is 2. The zero-order valence-corrected chi connectivity index (χ0v) is 15.4. The van der Waals surface area contributed by atoms with Crippen LogP contribution >= 0.6 is 0 Å². The number of aromatic nitrogens is 2. The summed E-state index contributed by atoms with van der Waals surface area (Å²) in [6.45, 7) is 0.590. The Kier molecular flexibility index (Phi) is 4.76. The Morgan fingerprint density at radius 3 is 2.75 bits per heavy atom. The summed E-state index contributed by atoms with van der Waals surface area (Å²) in [5.41, 5.74) is 4.12. The molecule has 0 aliphatic carbocycles. The highest BCUT2D eigenvalue weighted by Crippen LogP contribution is 2.29. The van der Waals surface area contributed by atoms with E-state index in [2.05, 4.69) is 5.10 Å². The van der Waals surface area contributed by atoms with Gasteiger partial charge in [-0.05, 0) is 48.4 Å². The van der Waals surface area contributed by atoms with Crippen molar-refractivity contribution in [3.63, 3.8) is 0 Å². The second-order valence-corrected chi connectivity index (χ2v) is 6.46. The van der Waals surface area contributed by atoms with E-state index >= 15 is 0 Å². The number of nitrogens with zero attached hydrogens (tertiary/aromatic N) is 3. The summed E-state index contributed by atoms with van der Waals surface area (Å²) in [7, 11) is 1.36. The topological polar surface area (TPSA) is 64.4 Å². The third kappa shape index (κ3) is 3.44. The molecular weight excluding hydrogens is 354 g/mol. The molecule has 0 atom stereocenters. The standard InChI is InChI=1S/C22H19N3O3/c1-28-22(27)18-8-9-20-17(13-18)11-12-24(20)21(26)10-7-16-14-23-25(15-16)19-5-3-2-4-6-19/h2-10,13-15H,11-12H2,1H3/b10-7+. The molecule has 0 saturated heterocycles. The number of para-hydroxylation sites is 1. The van der Waals surface area contributed by atoms with Gasteiger partial charge in [0.15, 0.2) is 0 Å². The number of amides is 1. The first-order chi connectivity index (χ1) is 13.7. The molecule has 6 nitrogen and oxygen atoms in total. The lowest BCUT2D eigenvalue weighted by molar-refractivity contribution is -0.114. The van der Waals surface area contributed by atoms with Gasteiger partial charge in [0, 0.05) is 30.1 Å². The lowest BCUT2D eigenvalue weighted by atomic mass is 10.1. The summed E-state index contributed by atoms with van der Waals surface area (Å²) in [5.74, 6) is -0.472. The van der Waals surface area contributed by atoms with E-state index < -0.39 is 0 Å². The van der Waals surface area contributed by atoms with Gasteiger partial charge in [-0.2, -0.15) is 5.10 Å². The Bertz CT molecular complexity index is 1050. The summed E-state index contributed by atoms with van der Waals surface area (Å²) in [5, 5.41) is 4.33. The van der Waals surface area contributed by atoms with Crippen LogP contribution < -0.4 is 4.90 Å². The van der Waals surface area contributed by atoms with Crippen molar-refractivity contribution in [2.24, 2.45) is 0 Å². The average Bonchev–Trinajstić information content (AvgIpc) is 3.38. The molecule has 0 fully saturated rings. The van der Waals surface area contributed by atoms with Gasteiger partial charge in [-0.15, -0.1) is 0 Å². The number of esters is 1. The predicted molar refractivity (Wildman–Crippen MR) is 106 cm³/mol. The third-order valence-corrected chi connectivity index (χ3v) is 4.70. The third-order valence-electron chi connectivity index (χ3n) is 4.70. The zero-order valence-electron chi connectivity index (χ0n) is 15.4. The van der Waals surface area contributed by atoms with E-state index in [4.69, 9.17) is 4.74 Å². The van der Waals surface area contributed by atoms with Gasteiger partial charge >= 0.3 is 5.97 Å². The average molecular weight is 373 g/mol. The molecule has 0 radical (unpaired) electrons. The summed E-state index contributed by atoms with van der Waals surface area (Å²) in [6.07, 6.45) is 7.62. The Labute approximate surface area is 162 Å². The fraction of sp³-hybridized carbons (Fsp3) is 0.136. The van der Waals surface area contributed by atoms with Crippen molar-refractivity contribution >= 4 is 23.6 Å². The molecule has 6 heteroatoms. The van der Waals surface area contributed by atoms with Crippen LogP contribution in [-0.2, 0) is 16.0 Å². The fourth-order valence-corrected chi connectivity index (χ4v) is 3.28. The van der Waals surface area contributed by atoms with Crippen molar-refractivity contribution < 1.29 is 14.3 Å². The highest BCUT2D eigenvalue weighted by Gasteiger charge is 2.24. The van der Waals surface area contributed by atoms with Gasteiger partial charge in [-0.25, -0.2) is 9.48 Å². The van der Waals surface area contributed by atoms with Crippen molar-refractivity contribution in [2.75, 3.05) is 18.6 Å². The predicted octanol–water partition coefficient (Wildman–Crippen LogP) is 3.26. The highest BCUT2D eigenvalue weighted by molar-refractivity contribution is 6.05. The van der Waals surface area contributed by atoms with Crippen LogP contribution in [-0.4, -0.2) is 35.3 Å². The minimum atomic E-state index is -0.372. The van der Waals surface area contributed by atoms with Crippen LogP contribution in [0.1, 0.15) is 21.5 Å². The maximum absolute atomic E-state index is 12.7. The van der Waals surface area contributed by atoms with Crippen molar-refractivity contribution in [3.8, 4) is 5.69 Å². The Morgan fingerprint density at radius 2 is 1.96 bits per heavy atom. The normalized spacial score (nSPS) is 13.0. The van der Waals surface area contributed by atoms with Crippen molar-refractivity contribution in [1.29, 1.82) is 0 Å². The molecule has 140 valence electrons. The molecule has 3 aromatic rings. The molecule has 2 aromatic carbocycles. The fourth-order valence-electron chi connectivity index (χ4n) is 3.28. The number of carbonyl (C=O) groups excluding carboxylic acids is 2. The van der Waals surface area contributed by atoms with Crippen LogP contribution in [0.5, 0.6) is 0 Å². The summed E-state index contributed by atoms with van der Waals surface area (Å²) in [6, 6.07) is 15.1. The van der Waals surface area contributed by atoms with E-state index in [0.29, 0.717) is 18.5 Å². The van der Waals surface area contributed by atoms with Gasteiger partial charge in [-0.3, -0.25) is 4.79 Å². The van der Waals surface area contributed by atoms with Gasteiger partial charge in [0.2, 0.25) is 0 Å². The first kappa shape index (κ1) is 17.7. The number of fused-ring (bicyclic) bond motifs is 1. The van der Waals surface area contributed by atoms with Crippen LogP contribution in [0.2, 0.25) is 0 Å². The number of methoxy groups -OCH3 is 1. The van der Waals surface area contributed by atoms with Crippen molar-refractivity contribution in [3.05, 3.63) is 83.7 Å². The van der Waals surface area contributed by atoms with Crippen LogP contribution in [0, 0.1) is 0 Å². The molecule has 28 heavy (non-hydrogen) atoms. The largest absolute Gasteiger partial charge is 0.465 e. The quantitative estimate of drug-likeness (QED) is 0.520. The molecule has 2 heterocycles. The second-order valence-electron chi connectivity index (χ2n) is 6.46. The maximum Gasteiger partial charge on any atom is 0.337 e. The van der Waals surface area contributed by atoms with Gasteiger partial charge in [0.25, 0.3) is 5.91 Å². The molecule has 0 bridgehead atoms. The first-order valence-electron chi connectivity index (χ1n) is 8.96. The molecule has 0 saturated carbocycles. The molecule has 1 aromatic heterocycles. The van der Waals surface area contributed by atoms with Gasteiger partial charge in [-0.1, -0.05) is 18.2 Å². The molecule has 4 rings (SSSR count). The van der Waals surface area contributed by atoms with E-state index in [9.17, 15) is 9.59 Å². The van der Waals surface area contributed by atoms with E-state index in [1.807, 2.05) is 36.5 Å². The number of rotatable bonds is 4. The van der Waals surface area contributed by atoms with Gasteiger partial charge < -0.3 is 9.64 Å². The van der Waals surface area contributed by atoms with Crippen molar-refractivity contribution in [1.82, 2.24) is 9.78 Å². The summed E-state index contributed by atoms with van der Waals surface area (Å²) >= 11 is 0. The number of ether oxygens (including phenoxy) is 1. The SMILES string of the molecule is COC(=O)c1ccc2c(c1)CCN2C(=O)/C=C/c1cnn(-c2ccccc2)c1. The molecule has 1 aliphatic rings. The molecular formula is C22H19N3O3. The van der Waals surface area contributed by atoms with Crippen LogP contribution in [0.15, 0.2) is 67.0 Å². The Morgan fingerprint density at radius 1 is 1.14 bits per heavy atom. The van der Waals surface area contributed by atoms with Crippen LogP contribution in [0.4, 0.5) is 5.69 Å². The van der Waals surface area contributed by atoms with E-state index in [1.54, 1.807) is 46.1 Å². The van der Waals surface area contributed by atoms with E-state index in [0.717, 1.165) is 22.5 Å². The highest BCUT2D eigenvalue weighted by atomic mass is 16.5. The van der Waals surface area contributed by atoms with E-state index in [-0.39, 0.29) is 11.9 Å².